The van der Waals surface area contributed by atoms with Crippen molar-refractivity contribution < 1.29 is 0 Å². The number of likely N-dealkylation sites (N-methyl/N-ethyl adjacent to an activating group) is 1. The van der Waals surface area contributed by atoms with Crippen LogP contribution in [0.1, 0.15) is 32.3 Å². The molecular weight excluding hydrogens is 354 g/mol. The Kier molecular flexibility index (Phi) is 6.58. The van der Waals surface area contributed by atoms with E-state index in [0.717, 1.165) is 39.4 Å². The second kappa shape index (κ2) is 8.91. The van der Waals surface area contributed by atoms with E-state index >= 15 is 0 Å². The van der Waals surface area contributed by atoms with E-state index in [0.29, 0.717) is 0 Å². The minimum absolute atomic E-state index is 0.0394. The van der Waals surface area contributed by atoms with Crippen LogP contribution in [0.5, 0.6) is 0 Å². The van der Waals surface area contributed by atoms with Crippen molar-refractivity contribution in [1.29, 1.82) is 0 Å². The van der Waals surface area contributed by atoms with E-state index in [4.69, 9.17) is 0 Å². The predicted molar refractivity (Wildman–Crippen MR) is 116 cm³/mol. The Morgan fingerprint density at radius 1 is 1.22 bits per heavy atom. The van der Waals surface area contributed by atoms with Gasteiger partial charge in [0.1, 0.15) is 0 Å². The number of rotatable bonds is 3. The minimum Gasteiger partial charge on any atom is -0.310 e. The Labute approximate surface area is 165 Å². The Hall–Kier alpha value is -1.82. The zero-order chi connectivity index (χ0) is 19.4. The molecule has 1 aromatic carbocycles. The molecule has 0 radical (unpaired) electrons. The summed E-state index contributed by atoms with van der Waals surface area (Å²) in [7, 11) is 2.19. The largest absolute Gasteiger partial charge is 0.310 e. The van der Waals surface area contributed by atoms with Crippen molar-refractivity contribution >= 4 is 21.6 Å². The molecule has 0 bridgehead atoms. The van der Waals surface area contributed by atoms with Crippen LogP contribution in [0.25, 0.3) is 20.8 Å². The molecule has 4 nitrogen and oxygen atoms in total. The first-order valence-corrected chi connectivity index (χ1v) is 10.5. The molecule has 1 saturated heterocycles. The number of fused-ring (bicyclic) bond motifs is 2. The first-order valence-electron chi connectivity index (χ1n) is 9.70. The molecule has 4 rings (SSSR count). The van der Waals surface area contributed by atoms with Gasteiger partial charge in [-0.1, -0.05) is 13.0 Å². The molecule has 2 atom stereocenters. The Morgan fingerprint density at radius 2 is 2.04 bits per heavy atom. The molecule has 3 aliphatic rings. The second-order valence-corrected chi connectivity index (χ2v) is 8.60. The van der Waals surface area contributed by atoms with Gasteiger partial charge in [-0.05, 0) is 70.1 Å². The summed E-state index contributed by atoms with van der Waals surface area (Å²) in [6.45, 7) is 8.90. The Morgan fingerprint density at radius 3 is 2.74 bits per heavy atom. The van der Waals surface area contributed by atoms with Gasteiger partial charge in [0, 0.05) is 24.7 Å². The summed E-state index contributed by atoms with van der Waals surface area (Å²) in [6.07, 6.45) is 2.70. The highest BCUT2D eigenvalue weighted by Crippen LogP contribution is 2.29. The van der Waals surface area contributed by atoms with Crippen molar-refractivity contribution in [2.24, 2.45) is 0 Å². The molecule has 2 heterocycles. The summed E-state index contributed by atoms with van der Waals surface area (Å²) in [5.41, 5.74) is 3.13. The molecule has 27 heavy (non-hydrogen) atoms. The van der Waals surface area contributed by atoms with Gasteiger partial charge >= 0.3 is 0 Å². The SMILES string of the molecule is CCN(C)C[C@@H]1CC[C@H](C)N1.Cc1ccc2nc3ccc(=O)cc-3sc2c1. The molecular formula is C22H29N3OS. The van der Waals surface area contributed by atoms with Crippen molar-refractivity contribution in [1.82, 2.24) is 15.2 Å². The minimum atomic E-state index is 0.0394. The third-order valence-electron chi connectivity index (χ3n) is 5.05. The van der Waals surface area contributed by atoms with Crippen LogP contribution in [-0.4, -0.2) is 42.1 Å². The maximum Gasteiger partial charge on any atom is 0.180 e. The number of aromatic nitrogens is 1. The normalized spacial score (nSPS) is 19.4. The smallest absolute Gasteiger partial charge is 0.180 e. The molecule has 1 N–H and O–H groups in total. The predicted octanol–water partition coefficient (Wildman–Crippen LogP) is 4.15. The number of aryl methyl sites for hydroxylation is 1. The summed E-state index contributed by atoms with van der Waals surface area (Å²) in [6, 6.07) is 12.6. The molecule has 0 amide bonds. The zero-order valence-corrected chi connectivity index (χ0v) is 17.5. The summed E-state index contributed by atoms with van der Waals surface area (Å²) < 4.78 is 1.12. The highest BCUT2D eigenvalue weighted by atomic mass is 32.1. The lowest BCUT2D eigenvalue weighted by molar-refractivity contribution is 0.311. The topological polar surface area (TPSA) is 45.2 Å². The average Bonchev–Trinajstić information content (AvgIpc) is 3.05. The lowest BCUT2D eigenvalue weighted by Crippen LogP contribution is -2.37. The monoisotopic (exact) mass is 383 g/mol. The van der Waals surface area contributed by atoms with Crippen LogP contribution in [0.3, 0.4) is 0 Å². The van der Waals surface area contributed by atoms with Gasteiger partial charge in [0.25, 0.3) is 0 Å². The van der Waals surface area contributed by atoms with Gasteiger partial charge in [0.15, 0.2) is 5.43 Å². The molecule has 1 aliphatic carbocycles. The van der Waals surface area contributed by atoms with Crippen molar-refractivity contribution in [3.05, 3.63) is 52.2 Å². The third-order valence-corrected chi connectivity index (χ3v) is 6.14. The van der Waals surface area contributed by atoms with E-state index in [-0.39, 0.29) is 5.43 Å². The molecule has 1 aromatic rings. The first-order chi connectivity index (χ1) is 12.9. The number of nitrogens with zero attached hydrogens (tertiary/aromatic N) is 2. The Balaban J connectivity index is 0.000000168. The molecule has 2 aliphatic heterocycles. The van der Waals surface area contributed by atoms with Gasteiger partial charge in [0.2, 0.25) is 0 Å². The van der Waals surface area contributed by atoms with Crippen LogP contribution < -0.4 is 10.7 Å². The maximum absolute atomic E-state index is 11.3. The van der Waals surface area contributed by atoms with E-state index < -0.39 is 0 Å². The highest BCUT2D eigenvalue weighted by molar-refractivity contribution is 7.21. The number of benzene rings is 2. The van der Waals surface area contributed by atoms with Gasteiger partial charge in [-0.25, -0.2) is 4.98 Å². The van der Waals surface area contributed by atoms with Crippen LogP contribution in [0, 0.1) is 6.92 Å². The fraction of sp³-hybridized carbons (Fsp3) is 0.455. The average molecular weight is 384 g/mol. The lowest BCUT2D eigenvalue weighted by atomic mass is 10.2. The molecule has 0 saturated carbocycles. The summed E-state index contributed by atoms with van der Waals surface area (Å²) >= 11 is 1.62. The van der Waals surface area contributed by atoms with Crippen molar-refractivity contribution in [2.45, 2.75) is 45.7 Å². The summed E-state index contributed by atoms with van der Waals surface area (Å²) in [4.78, 5) is 19.1. The summed E-state index contributed by atoms with van der Waals surface area (Å²) in [5.74, 6) is 0. The van der Waals surface area contributed by atoms with Crippen molar-refractivity contribution in [2.75, 3.05) is 20.1 Å². The first kappa shape index (κ1) is 19.9. The van der Waals surface area contributed by atoms with Crippen molar-refractivity contribution in [3.63, 3.8) is 0 Å². The van der Waals surface area contributed by atoms with E-state index in [2.05, 4.69) is 55.2 Å². The van der Waals surface area contributed by atoms with Gasteiger partial charge in [-0.15, -0.1) is 11.3 Å². The van der Waals surface area contributed by atoms with Gasteiger partial charge in [-0.2, -0.15) is 0 Å². The Bertz CT molecular complexity index is 923. The lowest BCUT2D eigenvalue weighted by Gasteiger charge is -2.19. The maximum atomic E-state index is 11.3. The van der Waals surface area contributed by atoms with Crippen LogP contribution in [-0.2, 0) is 0 Å². The summed E-state index contributed by atoms with van der Waals surface area (Å²) in [5, 5.41) is 3.58. The van der Waals surface area contributed by atoms with E-state index in [9.17, 15) is 4.79 Å². The standard InChI is InChI=1S/C13H9NOS.C9H20N2/c1-8-2-4-10-12(6-8)16-13-7-9(15)3-5-11(13)14-10;1-4-11(3)7-9-6-5-8(2)10-9/h2-7H,1H3;8-10H,4-7H2,1-3H3/t;8-,9-/m.0/s1. The van der Waals surface area contributed by atoms with Crippen LogP contribution >= 0.6 is 11.3 Å². The molecule has 1 fully saturated rings. The van der Waals surface area contributed by atoms with E-state index in [1.165, 1.54) is 24.9 Å². The van der Waals surface area contributed by atoms with Crippen LogP contribution in [0.4, 0.5) is 0 Å². The molecule has 0 spiro atoms. The van der Waals surface area contributed by atoms with Crippen LogP contribution in [0.2, 0.25) is 0 Å². The molecule has 0 aromatic heterocycles. The molecule has 5 heteroatoms. The highest BCUT2D eigenvalue weighted by Gasteiger charge is 2.20. The quantitative estimate of drug-likeness (QED) is 0.690. The van der Waals surface area contributed by atoms with E-state index in [1.54, 1.807) is 29.5 Å². The number of hydrogen-bond donors (Lipinski definition) is 1. The fourth-order valence-electron chi connectivity index (χ4n) is 3.38. The zero-order valence-electron chi connectivity index (χ0n) is 16.7. The number of nitrogens with one attached hydrogen (secondary N) is 1. The van der Waals surface area contributed by atoms with Gasteiger partial charge < -0.3 is 10.2 Å². The van der Waals surface area contributed by atoms with Crippen molar-refractivity contribution in [3.8, 4) is 10.6 Å². The third kappa shape index (κ3) is 5.34. The fourth-order valence-corrected chi connectivity index (χ4v) is 4.48. The molecule has 0 unspecified atom stereocenters. The van der Waals surface area contributed by atoms with Gasteiger partial charge in [-0.3, -0.25) is 4.79 Å². The van der Waals surface area contributed by atoms with E-state index in [1.807, 2.05) is 6.07 Å². The number of hydrogen-bond acceptors (Lipinski definition) is 5. The van der Waals surface area contributed by atoms with Crippen LogP contribution in [0.15, 0.2) is 41.2 Å². The molecule has 144 valence electrons. The van der Waals surface area contributed by atoms with Gasteiger partial charge in [0.05, 0.1) is 20.8 Å². The second-order valence-electron chi connectivity index (χ2n) is 7.51.